The molecule has 26 heavy (non-hydrogen) atoms. The Morgan fingerprint density at radius 3 is 2.38 bits per heavy atom. The third-order valence-electron chi connectivity index (χ3n) is 3.90. The Hall–Kier alpha value is -2.11. The summed E-state index contributed by atoms with van der Waals surface area (Å²) < 4.78 is 18.8. The van der Waals surface area contributed by atoms with E-state index < -0.39 is 6.04 Å². The van der Waals surface area contributed by atoms with Crippen molar-refractivity contribution in [3.05, 3.63) is 65.5 Å². The predicted molar refractivity (Wildman–Crippen MR) is 104 cm³/mol. The van der Waals surface area contributed by atoms with E-state index in [0.29, 0.717) is 18.9 Å². The lowest BCUT2D eigenvalue weighted by atomic mass is 9.87. The molecule has 6 heteroatoms. The Kier molecular flexibility index (Phi) is 8.06. The summed E-state index contributed by atoms with van der Waals surface area (Å²) in [5, 5.41) is 2.84. The topological polar surface area (TPSA) is 64.4 Å². The van der Waals surface area contributed by atoms with Crippen molar-refractivity contribution in [1.82, 2.24) is 5.32 Å². The van der Waals surface area contributed by atoms with Gasteiger partial charge in [0.2, 0.25) is 5.91 Å². The molecule has 2 aromatic rings. The van der Waals surface area contributed by atoms with Gasteiger partial charge in [0.1, 0.15) is 18.2 Å². The van der Waals surface area contributed by atoms with Crippen molar-refractivity contribution >= 4 is 18.3 Å². The number of halogens is 2. The fraction of sp³-hybridized carbons (Fsp3) is 0.350. The molecule has 2 aromatic carbocycles. The number of amides is 1. The largest absolute Gasteiger partial charge is 0.489 e. The zero-order valence-electron chi connectivity index (χ0n) is 15.3. The lowest BCUT2D eigenvalue weighted by Crippen LogP contribution is -2.48. The first-order chi connectivity index (χ1) is 11.8. The quantitative estimate of drug-likeness (QED) is 0.800. The molecule has 0 radical (unpaired) electrons. The molecule has 4 nitrogen and oxygen atoms in total. The minimum Gasteiger partial charge on any atom is -0.489 e. The molecule has 0 heterocycles. The Bertz CT molecular complexity index is 714. The molecule has 0 saturated carbocycles. The first kappa shape index (κ1) is 21.9. The number of nitrogens with one attached hydrogen (secondary N) is 1. The van der Waals surface area contributed by atoms with Gasteiger partial charge in [0.15, 0.2) is 0 Å². The second-order valence-corrected chi connectivity index (χ2v) is 7.12. The van der Waals surface area contributed by atoms with Gasteiger partial charge in [-0.3, -0.25) is 4.79 Å². The lowest BCUT2D eigenvalue weighted by molar-refractivity contribution is -0.124. The van der Waals surface area contributed by atoms with Crippen molar-refractivity contribution in [2.45, 2.75) is 40.0 Å². The molecule has 2 rings (SSSR count). The Morgan fingerprint density at radius 1 is 1.15 bits per heavy atom. The molecule has 3 N–H and O–H groups in total. The summed E-state index contributed by atoms with van der Waals surface area (Å²) in [6, 6.07) is 13.2. The van der Waals surface area contributed by atoms with E-state index in [2.05, 4.69) is 5.32 Å². The summed E-state index contributed by atoms with van der Waals surface area (Å²) >= 11 is 0. The summed E-state index contributed by atoms with van der Waals surface area (Å²) in [5.41, 5.74) is 7.37. The van der Waals surface area contributed by atoms with Crippen molar-refractivity contribution in [2.75, 3.05) is 0 Å². The zero-order valence-corrected chi connectivity index (χ0v) is 16.1. The molecule has 1 atom stereocenters. The third-order valence-corrected chi connectivity index (χ3v) is 3.90. The van der Waals surface area contributed by atoms with Crippen LogP contribution in [0.2, 0.25) is 0 Å². The second kappa shape index (κ2) is 9.55. The Labute approximate surface area is 160 Å². The fourth-order valence-corrected chi connectivity index (χ4v) is 2.19. The molecule has 0 aromatic heterocycles. The Balaban J connectivity index is 0.00000338. The summed E-state index contributed by atoms with van der Waals surface area (Å²) in [6.45, 7) is 6.51. The van der Waals surface area contributed by atoms with Crippen molar-refractivity contribution < 1.29 is 13.9 Å². The minimum atomic E-state index is -0.554. The number of rotatable bonds is 6. The van der Waals surface area contributed by atoms with Crippen molar-refractivity contribution in [2.24, 2.45) is 11.1 Å². The van der Waals surface area contributed by atoms with E-state index in [1.165, 1.54) is 12.1 Å². The number of carbonyl (C=O) groups is 1. The van der Waals surface area contributed by atoms with E-state index in [1.54, 1.807) is 6.07 Å². The normalized spacial score (nSPS) is 12.0. The van der Waals surface area contributed by atoms with Crippen LogP contribution in [0.25, 0.3) is 0 Å². The van der Waals surface area contributed by atoms with Gasteiger partial charge in [0.25, 0.3) is 0 Å². The summed E-state index contributed by atoms with van der Waals surface area (Å²) in [4.78, 5) is 12.0. The molecule has 0 spiro atoms. The molecule has 0 saturated heterocycles. The summed E-state index contributed by atoms with van der Waals surface area (Å²) in [5.74, 6) is 0.241. The summed E-state index contributed by atoms with van der Waals surface area (Å²) in [6.07, 6.45) is 0. The number of carbonyl (C=O) groups excluding carboxylic acids is 1. The molecule has 0 aliphatic heterocycles. The highest BCUT2D eigenvalue weighted by molar-refractivity contribution is 5.85. The van der Waals surface area contributed by atoms with Gasteiger partial charge in [-0.15, -0.1) is 12.4 Å². The van der Waals surface area contributed by atoms with Crippen LogP contribution in [0, 0.1) is 11.2 Å². The van der Waals surface area contributed by atoms with Gasteiger partial charge in [-0.25, -0.2) is 4.39 Å². The summed E-state index contributed by atoms with van der Waals surface area (Å²) in [7, 11) is 0. The van der Waals surface area contributed by atoms with Crippen LogP contribution in [0.15, 0.2) is 48.5 Å². The number of hydrogen-bond acceptors (Lipinski definition) is 3. The van der Waals surface area contributed by atoms with E-state index in [-0.39, 0.29) is 29.5 Å². The van der Waals surface area contributed by atoms with Gasteiger partial charge in [-0.1, -0.05) is 45.0 Å². The van der Waals surface area contributed by atoms with Gasteiger partial charge >= 0.3 is 0 Å². The highest BCUT2D eigenvalue weighted by atomic mass is 35.5. The molecule has 0 aliphatic rings. The molecule has 0 unspecified atom stereocenters. The second-order valence-electron chi connectivity index (χ2n) is 7.12. The SMILES string of the molecule is CC(C)(C)[C@H](N)C(=O)NCc1ccc(OCc2cccc(F)c2)cc1.Cl. The van der Waals surface area contributed by atoms with Gasteiger partial charge in [-0.2, -0.15) is 0 Å². The third kappa shape index (κ3) is 6.65. The molecule has 0 bridgehead atoms. The maximum atomic E-state index is 13.1. The van der Waals surface area contributed by atoms with E-state index in [1.807, 2.05) is 51.1 Å². The van der Waals surface area contributed by atoms with Crippen LogP contribution in [-0.4, -0.2) is 11.9 Å². The van der Waals surface area contributed by atoms with Gasteiger partial charge in [-0.05, 0) is 40.8 Å². The molecular formula is C20H26ClFN2O2. The first-order valence-electron chi connectivity index (χ1n) is 8.25. The van der Waals surface area contributed by atoms with Gasteiger partial charge < -0.3 is 15.8 Å². The maximum Gasteiger partial charge on any atom is 0.237 e. The molecule has 142 valence electrons. The average molecular weight is 381 g/mol. The van der Waals surface area contributed by atoms with Crippen LogP contribution in [0.1, 0.15) is 31.9 Å². The number of benzene rings is 2. The molecule has 1 amide bonds. The van der Waals surface area contributed by atoms with Crippen LogP contribution >= 0.6 is 12.4 Å². The average Bonchev–Trinajstić information content (AvgIpc) is 2.57. The van der Waals surface area contributed by atoms with Crippen LogP contribution < -0.4 is 15.8 Å². The highest BCUT2D eigenvalue weighted by Gasteiger charge is 2.26. The lowest BCUT2D eigenvalue weighted by Gasteiger charge is -2.25. The number of nitrogens with two attached hydrogens (primary N) is 1. The van der Waals surface area contributed by atoms with Crippen LogP contribution in [-0.2, 0) is 17.9 Å². The van der Waals surface area contributed by atoms with Gasteiger partial charge in [0, 0.05) is 6.54 Å². The fourth-order valence-electron chi connectivity index (χ4n) is 2.19. The van der Waals surface area contributed by atoms with E-state index in [9.17, 15) is 9.18 Å². The number of ether oxygens (including phenoxy) is 1. The van der Waals surface area contributed by atoms with Crippen molar-refractivity contribution in [3.63, 3.8) is 0 Å². The van der Waals surface area contributed by atoms with Crippen LogP contribution in [0.5, 0.6) is 5.75 Å². The van der Waals surface area contributed by atoms with E-state index >= 15 is 0 Å². The Morgan fingerprint density at radius 2 is 1.81 bits per heavy atom. The van der Waals surface area contributed by atoms with Crippen LogP contribution in [0.3, 0.4) is 0 Å². The maximum absolute atomic E-state index is 13.1. The van der Waals surface area contributed by atoms with Crippen molar-refractivity contribution in [3.8, 4) is 5.75 Å². The highest BCUT2D eigenvalue weighted by Crippen LogP contribution is 2.18. The predicted octanol–water partition coefficient (Wildman–Crippen LogP) is 3.82. The zero-order chi connectivity index (χ0) is 18.4. The van der Waals surface area contributed by atoms with Crippen LogP contribution in [0.4, 0.5) is 4.39 Å². The molecular weight excluding hydrogens is 355 g/mol. The van der Waals surface area contributed by atoms with E-state index in [4.69, 9.17) is 10.5 Å². The molecule has 0 aliphatic carbocycles. The first-order valence-corrected chi connectivity index (χ1v) is 8.25. The van der Waals surface area contributed by atoms with Crippen molar-refractivity contribution in [1.29, 1.82) is 0 Å². The van der Waals surface area contributed by atoms with Gasteiger partial charge in [0.05, 0.1) is 6.04 Å². The standard InChI is InChI=1S/C20H25FN2O2.ClH/c1-20(2,3)18(22)19(24)23-12-14-7-9-17(10-8-14)25-13-15-5-4-6-16(21)11-15;/h4-11,18H,12-13,22H2,1-3H3,(H,23,24);1H/t18-;/m1./s1. The molecule has 0 fully saturated rings. The smallest absolute Gasteiger partial charge is 0.237 e. The van der Waals surface area contributed by atoms with E-state index in [0.717, 1.165) is 11.1 Å². The number of hydrogen-bond donors (Lipinski definition) is 2. The minimum absolute atomic E-state index is 0. The monoisotopic (exact) mass is 380 g/mol.